The Morgan fingerprint density at radius 3 is 2.74 bits per heavy atom. The van der Waals surface area contributed by atoms with Gasteiger partial charge in [0.15, 0.2) is 10.7 Å². The normalized spacial score (nSPS) is 10.8. The molecule has 0 bridgehead atoms. The van der Waals surface area contributed by atoms with E-state index in [9.17, 15) is 9.90 Å². The Morgan fingerprint density at radius 1 is 1.16 bits per heavy atom. The Balaban J connectivity index is 1.49. The van der Waals surface area contributed by atoms with Crippen molar-refractivity contribution in [3.05, 3.63) is 75.2 Å². The second-order valence-electron chi connectivity index (χ2n) is 6.75. The first-order chi connectivity index (χ1) is 14.8. The van der Waals surface area contributed by atoms with Crippen molar-refractivity contribution in [2.45, 2.75) is 6.92 Å². The van der Waals surface area contributed by atoms with Gasteiger partial charge in [-0.25, -0.2) is 4.98 Å². The summed E-state index contributed by atoms with van der Waals surface area (Å²) in [5.41, 5.74) is 3.61. The van der Waals surface area contributed by atoms with Crippen molar-refractivity contribution >= 4 is 67.6 Å². The van der Waals surface area contributed by atoms with Crippen LogP contribution >= 0.6 is 39.7 Å². The van der Waals surface area contributed by atoms with Gasteiger partial charge in [-0.05, 0) is 67.2 Å². The number of nitrogens with one attached hydrogen (secondary N) is 2. The number of hydrogen-bond donors (Lipinski definition) is 3. The van der Waals surface area contributed by atoms with Gasteiger partial charge in [0.2, 0.25) is 5.89 Å². The predicted molar refractivity (Wildman–Crippen MR) is 129 cm³/mol. The van der Waals surface area contributed by atoms with E-state index in [2.05, 4.69) is 31.5 Å². The van der Waals surface area contributed by atoms with Crippen LogP contribution in [0.4, 0.5) is 5.69 Å². The Labute approximate surface area is 196 Å². The summed E-state index contributed by atoms with van der Waals surface area (Å²) < 4.78 is 6.49. The van der Waals surface area contributed by atoms with Crippen LogP contribution in [0.1, 0.15) is 15.9 Å². The van der Waals surface area contributed by atoms with E-state index in [0.717, 1.165) is 10.0 Å². The smallest absolute Gasteiger partial charge is 0.258 e. The average Bonchev–Trinajstić information content (AvgIpc) is 3.12. The lowest BCUT2D eigenvalue weighted by Gasteiger charge is -2.11. The van der Waals surface area contributed by atoms with Crippen molar-refractivity contribution in [2.75, 3.05) is 5.32 Å². The van der Waals surface area contributed by atoms with Crippen LogP contribution in [0.15, 0.2) is 63.5 Å². The van der Waals surface area contributed by atoms with Crippen molar-refractivity contribution in [1.29, 1.82) is 0 Å². The van der Waals surface area contributed by atoms with Gasteiger partial charge in [-0.1, -0.05) is 33.6 Å². The van der Waals surface area contributed by atoms with Gasteiger partial charge in [0.1, 0.15) is 11.3 Å². The summed E-state index contributed by atoms with van der Waals surface area (Å²) in [5.74, 6) is -0.186. The quantitative estimate of drug-likeness (QED) is 0.287. The number of thiocarbonyl (C=S) groups is 1. The first kappa shape index (κ1) is 21.3. The zero-order chi connectivity index (χ0) is 22.1. The number of phenols is 1. The third-order valence-corrected chi connectivity index (χ3v) is 5.46. The molecule has 3 aromatic carbocycles. The fourth-order valence-electron chi connectivity index (χ4n) is 2.94. The molecule has 4 aromatic rings. The minimum atomic E-state index is -0.452. The summed E-state index contributed by atoms with van der Waals surface area (Å²) in [6.45, 7) is 1.96. The highest BCUT2D eigenvalue weighted by molar-refractivity contribution is 9.10. The van der Waals surface area contributed by atoms with Crippen molar-refractivity contribution < 1.29 is 14.3 Å². The molecule has 0 aliphatic heterocycles. The van der Waals surface area contributed by atoms with E-state index >= 15 is 0 Å². The minimum absolute atomic E-state index is 0.0440. The zero-order valence-corrected chi connectivity index (χ0v) is 19.2. The number of fused-ring (bicyclic) bond motifs is 1. The lowest BCUT2D eigenvalue weighted by atomic mass is 10.2. The second kappa shape index (κ2) is 8.66. The molecule has 0 atom stereocenters. The molecule has 4 rings (SSSR count). The van der Waals surface area contributed by atoms with Gasteiger partial charge < -0.3 is 14.8 Å². The number of halogens is 2. The molecule has 0 unspecified atom stereocenters. The topological polar surface area (TPSA) is 87.4 Å². The summed E-state index contributed by atoms with van der Waals surface area (Å²) in [7, 11) is 0. The highest BCUT2D eigenvalue weighted by Gasteiger charge is 2.15. The summed E-state index contributed by atoms with van der Waals surface area (Å²) in [6.07, 6.45) is 0. The maximum Gasteiger partial charge on any atom is 0.258 e. The van der Waals surface area contributed by atoms with E-state index in [1.54, 1.807) is 30.3 Å². The van der Waals surface area contributed by atoms with Crippen molar-refractivity contribution in [2.24, 2.45) is 0 Å². The first-order valence-corrected chi connectivity index (χ1v) is 10.7. The summed E-state index contributed by atoms with van der Waals surface area (Å²) in [6, 6.07) is 15.5. The maximum atomic E-state index is 12.4. The number of amides is 1. The van der Waals surface area contributed by atoms with Crippen LogP contribution in [0.5, 0.6) is 5.75 Å². The van der Waals surface area contributed by atoms with Crippen LogP contribution in [0.3, 0.4) is 0 Å². The number of carbonyl (C=O) groups is 1. The number of nitrogens with zero attached hydrogens (tertiary/aromatic N) is 1. The van der Waals surface area contributed by atoms with E-state index < -0.39 is 5.91 Å². The molecular weight excluding hydrogens is 502 g/mol. The Hall–Kier alpha value is -2.94. The molecule has 6 nitrogen and oxygen atoms in total. The number of aromatic nitrogens is 1. The standard InChI is InChI=1S/C22H15BrClN3O3S/c1-11-2-7-17-19(8-11)30-21(26-17)14-5-4-13(10-18(14)28)25-22(31)27-20(29)15-9-12(23)3-6-16(15)24/h2-10,28H,1H3,(H2,25,27,29,31). The molecule has 0 spiro atoms. The number of carbonyl (C=O) groups excluding carboxylic acids is 1. The first-order valence-electron chi connectivity index (χ1n) is 9.08. The third kappa shape index (κ3) is 4.71. The number of benzene rings is 3. The van der Waals surface area contributed by atoms with Crippen molar-refractivity contribution in [3.63, 3.8) is 0 Å². The molecule has 0 saturated heterocycles. The van der Waals surface area contributed by atoms with Gasteiger partial charge in [-0.2, -0.15) is 0 Å². The van der Waals surface area contributed by atoms with Gasteiger partial charge in [-0.3, -0.25) is 10.1 Å². The van der Waals surface area contributed by atoms with Gasteiger partial charge >= 0.3 is 0 Å². The maximum absolute atomic E-state index is 12.4. The molecule has 0 saturated carbocycles. The van der Waals surface area contributed by atoms with Crippen LogP contribution in [0, 0.1) is 6.92 Å². The molecule has 0 fully saturated rings. The molecule has 1 aromatic heterocycles. The average molecular weight is 517 g/mol. The van der Waals surface area contributed by atoms with Crippen LogP contribution in [-0.4, -0.2) is 21.1 Å². The number of oxazole rings is 1. The van der Waals surface area contributed by atoms with E-state index in [0.29, 0.717) is 33.3 Å². The SMILES string of the molecule is Cc1ccc2nc(-c3ccc(NC(=S)NC(=O)c4cc(Br)ccc4Cl)cc3O)oc2c1. The lowest BCUT2D eigenvalue weighted by molar-refractivity contribution is 0.0978. The fourth-order valence-corrected chi connectivity index (χ4v) is 3.72. The molecule has 1 amide bonds. The molecular formula is C22H15BrClN3O3S. The Morgan fingerprint density at radius 2 is 1.97 bits per heavy atom. The van der Waals surface area contributed by atoms with Crippen molar-refractivity contribution in [1.82, 2.24) is 10.3 Å². The summed E-state index contributed by atoms with van der Waals surface area (Å²) in [4.78, 5) is 16.8. The lowest BCUT2D eigenvalue weighted by Crippen LogP contribution is -2.34. The number of anilines is 1. The number of hydrogen-bond acceptors (Lipinski definition) is 5. The van der Waals surface area contributed by atoms with Crippen LogP contribution in [-0.2, 0) is 0 Å². The van der Waals surface area contributed by atoms with Gasteiger partial charge in [0, 0.05) is 16.2 Å². The summed E-state index contributed by atoms with van der Waals surface area (Å²) in [5, 5.41) is 16.3. The second-order valence-corrected chi connectivity index (χ2v) is 8.49. The number of aryl methyl sites for hydroxylation is 1. The molecule has 9 heteroatoms. The molecule has 0 radical (unpaired) electrons. The van der Waals surface area contributed by atoms with Crippen molar-refractivity contribution in [3.8, 4) is 17.2 Å². The van der Waals surface area contributed by atoms with E-state index in [1.165, 1.54) is 6.07 Å². The third-order valence-electron chi connectivity index (χ3n) is 4.43. The van der Waals surface area contributed by atoms with E-state index in [1.807, 2.05) is 25.1 Å². The molecule has 0 aliphatic rings. The molecule has 31 heavy (non-hydrogen) atoms. The summed E-state index contributed by atoms with van der Waals surface area (Å²) >= 11 is 14.6. The number of aromatic hydroxyl groups is 1. The largest absolute Gasteiger partial charge is 0.507 e. The monoisotopic (exact) mass is 515 g/mol. The highest BCUT2D eigenvalue weighted by atomic mass is 79.9. The molecule has 1 heterocycles. The van der Waals surface area contributed by atoms with Gasteiger partial charge in [0.25, 0.3) is 5.91 Å². The van der Waals surface area contributed by atoms with Gasteiger partial charge in [-0.15, -0.1) is 0 Å². The Kier molecular flexibility index (Phi) is 5.95. The van der Waals surface area contributed by atoms with Crippen LogP contribution in [0.25, 0.3) is 22.6 Å². The highest BCUT2D eigenvalue weighted by Crippen LogP contribution is 2.33. The van der Waals surface area contributed by atoms with Crippen LogP contribution in [0.2, 0.25) is 5.02 Å². The Bertz CT molecular complexity index is 1340. The fraction of sp³-hybridized carbons (Fsp3) is 0.0455. The number of rotatable bonds is 3. The molecule has 3 N–H and O–H groups in total. The zero-order valence-electron chi connectivity index (χ0n) is 16.1. The van der Waals surface area contributed by atoms with Gasteiger partial charge in [0.05, 0.1) is 16.1 Å². The van der Waals surface area contributed by atoms with E-state index in [4.69, 9.17) is 28.2 Å². The molecule has 156 valence electrons. The molecule has 0 aliphatic carbocycles. The number of phenolic OH excluding ortho intramolecular Hbond substituents is 1. The minimum Gasteiger partial charge on any atom is -0.507 e. The van der Waals surface area contributed by atoms with Crippen LogP contribution < -0.4 is 10.6 Å². The van der Waals surface area contributed by atoms with E-state index in [-0.39, 0.29) is 16.4 Å². The predicted octanol–water partition coefficient (Wildman–Crippen LogP) is 6.05.